The molecule has 2 unspecified atom stereocenters. The van der Waals surface area contributed by atoms with Gasteiger partial charge in [0.25, 0.3) is 0 Å². The van der Waals surface area contributed by atoms with Crippen LogP contribution in [0.15, 0.2) is 41.1 Å². The topological polar surface area (TPSA) is 55.5 Å². The van der Waals surface area contributed by atoms with E-state index in [-0.39, 0.29) is 18.8 Å². The third-order valence-corrected chi connectivity index (χ3v) is 3.83. The van der Waals surface area contributed by atoms with Gasteiger partial charge >= 0.3 is 0 Å². The van der Waals surface area contributed by atoms with Gasteiger partial charge in [-0.3, -0.25) is 0 Å². The molecule has 102 valence electrons. The van der Waals surface area contributed by atoms with E-state index in [2.05, 4.69) is 5.38 Å². The average Bonchev–Trinajstić information content (AvgIpc) is 2.98. The highest BCUT2D eigenvalue weighted by molar-refractivity contribution is 7.07. The number of hydrogen-bond donors (Lipinski definition) is 2. The van der Waals surface area contributed by atoms with Gasteiger partial charge in [0.1, 0.15) is 11.9 Å². The fraction of sp³-hybridized carbons (Fsp3) is 0.333. The molecule has 0 aliphatic carbocycles. The second-order valence-corrected chi connectivity index (χ2v) is 5.21. The highest BCUT2D eigenvalue weighted by Crippen LogP contribution is 2.29. The van der Waals surface area contributed by atoms with Gasteiger partial charge in [0.2, 0.25) is 0 Å². The summed E-state index contributed by atoms with van der Waals surface area (Å²) in [6, 6.07) is 9.48. The van der Waals surface area contributed by atoms with Crippen molar-refractivity contribution in [3.8, 4) is 5.75 Å². The Hall–Kier alpha value is -1.36. The summed E-state index contributed by atoms with van der Waals surface area (Å²) in [6.45, 7) is 2.01. The molecule has 0 bridgehead atoms. The zero-order chi connectivity index (χ0) is 13.7. The molecule has 1 aromatic carbocycles. The summed E-state index contributed by atoms with van der Waals surface area (Å²) in [6.07, 6.45) is 0.658. The first-order chi connectivity index (χ1) is 9.26. The molecule has 2 rings (SSSR count). The van der Waals surface area contributed by atoms with E-state index in [1.54, 1.807) is 11.3 Å². The first-order valence-corrected chi connectivity index (χ1v) is 7.33. The first-order valence-electron chi connectivity index (χ1n) is 6.39. The maximum absolute atomic E-state index is 9.35. The third kappa shape index (κ3) is 3.35. The molecule has 0 fully saturated rings. The number of thiophene rings is 1. The molecule has 0 spiro atoms. The second kappa shape index (κ2) is 6.70. The fourth-order valence-electron chi connectivity index (χ4n) is 1.94. The number of para-hydroxylation sites is 1. The Morgan fingerprint density at radius 3 is 2.74 bits per heavy atom. The molecule has 3 nitrogen and oxygen atoms in total. The quantitative estimate of drug-likeness (QED) is 0.853. The summed E-state index contributed by atoms with van der Waals surface area (Å²) in [5, 5.41) is 13.4. The number of nitrogens with two attached hydrogens (primary N) is 1. The van der Waals surface area contributed by atoms with Gasteiger partial charge in [0, 0.05) is 17.2 Å². The Kier molecular flexibility index (Phi) is 4.96. The van der Waals surface area contributed by atoms with E-state index in [0.717, 1.165) is 17.5 Å². The minimum Gasteiger partial charge on any atom is -0.484 e. The van der Waals surface area contributed by atoms with Crippen molar-refractivity contribution in [2.24, 2.45) is 5.73 Å². The molecule has 2 atom stereocenters. The molecular formula is C15H19NO2S. The fourth-order valence-corrected chi connectivity index (χ4v) is 2.62. The van der Waals surface area contributed by atoms with Crippen LogP contribution in [0.1, 0.15) is 30.6 Å². The lowest BCUT2D eigenvalue weighted by atomic mass is 10.0. The molecule has 4 heteroatoms. The van der Waals surface area contributed by atoms with Gasteiger partial charge in [-0.05, 0) is 29.3 Å². The molecule has 3 N–H and O–H groups in total. The minimum atomic E-state index is -0.177. The monoisotopic (exact) mass is 277 g/mol. The van der Waals surface area contributed by atoms with E-state index in [1.165, 1.54) is 0 Å². The van der Waals surface area contributed by atoms with Crippen molar-refractivity contribution in [1.29, 1.82) is 0 Å². The van der Waals surface area contributed by atoms with Gasteiger partial charge < -0.3 is 15.6 Å². The number of ether oxygens (including phenoxy) is 1. The van der Waals surface area contributed by atoms with E-state index < -0.39 is 0 Å². The summed E-state index contributed by atoms with van der Waals surface area (Å²) < 4.78 is 6.06. The number of aliphatic hydroxyl groups is 1. The molecule has 0 aliphatic heterocycles. The smallest absolute Gasteiger partial charge is 0.140 e. The molecule has 0 amide bonds. The summed E-state index contributed by atoms with van der Waals surface area (Å²) in [7, 11) is 0. The predicted molar refractivity (Wildman–Crippen MR) is 78.3 cm³/mol. The Morgan fingerprint density at radius 2 is 2.11 bits per heavy atom. The van der Waals surface area contributed by atoms with Crippen molar-refractivity contribution in [1.82, 2.24) is 0 Å². The van der Waals surface area contributed by atoms with Gasteiger partial charge in [-0.15, -0.1) is 0 Å². The van der Waals surface area contributed by atoms with E-state index in [4.69, 9.17) is 10.5 Å². The van der Waals surface area contributed by atoms with Crippen molar-refractivity contribution in [2.75, 3.05) is 0 Å². The summed E-state index contributed by atoms with van der Waals surface area (Å²) >= 11 is 1.63. The van der Waals surface area contributed by atoms with Crippen LogP contribution < -0.4 is 10.5 Å². The summed E-state index contributed by atoms with van der Waals surface area (Å²) in [5.74, 6) is 0.699. The zero-order valence-corrected chi connectivity index (χ0v) is 11.8. The maximum atomic E-state index is 9.35. The van der Waals surface area contributed by atoms with E-state index in [0.29, 0.717) is 5.75 Å². The Labute approximate surface area is 117 Å². The van der Waals surface area contributed by atoms with Gasteiger partial charge in [-0.2, -0.15) is 11.3 Å². The Balaban J connectivity index is 2.25. The molecule has 2 aromatic rings. The second-order valence-electron chi connectivity index (χ2n) is 4.43. The zero-order valence-electron chi connectivity index (χ0n) is 11.0. The van der Waals surface area contributed by atoms with Crippen LogP contribution in [0.25, 0.3) is 0 Å². The minimum absolute atomic E-state index is 0.0338. The lowest BCUT2D eigenvalue weighted by Gasteiger charge is -2.24. The van der Waals surface area contributed by atoms with Crippen molar-refractivity contribution < 1.29 is 9.84 Å². The molecule has 19 heavy (non-hydrogen) atoms. The summed E-state index contributed by atoms with van der Waals surface area (Å²) in [5.41, 5.74) is 8.04. The van der Waals surface area contributed by atoms with Crippen LogP contribution in [0, 0.1) is 0 Å². The Bertz CT molecular complexity index is 499. The van der Waals surface area contributed by atoms with Crippen LogP contribution in [-0.4, -0.2) is 11.1 Å². The van der Waals surface area contributed by atoms with Gasteiger partial charge in [-0.1, -0.05) is 25.1 Å². The van der Waals surface area contributed by atoms with Gasteiger partial charge in [-0.25, -0.2) is 0 Å². The number of benzene rings is 1. The lowest BCUT2D eigenvalue weighted by Crippen LogP contribution is -2.31. The van der Waals surface area contributed by atoms with Crippen molar-refractivity contribution in [3.63, 3.8) is 0 Å². The molecule has 1 aromatic heterocycles. The molecule has 0 saturated heterocycles. The van der Waals surface area contributed by atoms with Crippen LogP contribution in [0.4, 0.5) is 0 Å². The predicted octanol–water partition coefficient (Wildman–Crippen LogP) is 3.10. The molecular weight excluding hydrogens is 258 g/mol. The standard InChI is InChI=1S/C15H19NO2S/c1-2-13(16)15(12-7-8-19-10-12)18-14-6-4-3-5-11(14)9-17/h3-8,10,13,15,17H,2,9,16H2,1H3. The van der Waals surface area contributed by atoms with Crippen LogP contribution in [0.2, 0.25) is 0 Å². The molecule has 0 radical (unpaired) electrons. The van der Waals surface area contributed by atoms with Crippen LogP contribution >= 0.6 is 11.3 Å². The van der Waals surface area contributed by atoms with Crippen LogP contribution in [-0.2, 0) is 6.61 Å². The van der Waals surface area contributed by atoms with E-state index in [9.17, 15) is 5.11 Å². The highest BCUT2D eigenvalue weighted by Gasteiger charge is 2.21. The van der Waals surface area contributed by atoms with Crippen LogP contribution in [0.3, 0.4) is 0 Å². The third-order valence-electron chi connectivity index (χ3n) is 3.13. The molecule has 1 heterocycles. The normalized spacial score (nSPS) is 14.1. The lowest BCUT2D eigenvalue weighted by molar-refractivity contribution is 0.165. The van der Waals surface area contributed by atoms with Crippen molar-refractivity contribution >= 4 is 11.3 Å². The number of aliphatic hydroxyl groups excluding tert-OH is 1. The average molecular weight is 277 g/mol. The molecule has 0 aliphatic rings. The van der Waals surface area contributed by atoms with Crippen molar-refractivity contribution in [3.05, 3.63) is 52.2 Å². The van der Waals surface area contributed by atoms with E-state index in [1.807, 2.05) is 42.6 Å². The van der Waals surface area contributed by atoms with Gasteiger partial charge in [0.15, 0.2) is 0 Å². The highest BCUT2D eigenvalue weighted by atomic mass is 32.1. The molecule has 0 saturated carbocycles. The first kappa shape index (κ1) is 14.1. The van der Waals surface area contributed by atoms with Crippen LogP contribution in [0.5, 0.6) is 5.75 Å². The summed E-state index contributed by atoms with van der Waals surface area (Å²) in [4.78, 5) is 0. The largest absolute Gasteiger partial charge is 0.484 e. The maximum Gasteiger partial charge on any atom is 0.140 e. The SMILES string of the molecule is CCC(N)C(Oc1ccccc1CO)c1ccsc1. The Morgan fingerprint density at radius 1 is 1.32 bits per heavy atom. The van der Waals surface area contributed by atoms with Crippen molar-refractivity contribution in [2.45, 2.75) is 32.1 Å². The number of hydrogen-bond acceptors (Lipinski definition) is 4. The number of rotatable bonds is 6. The van der Waals surface area contributed by atoms with Gasteiger partial charge in [0.05, 0.1) is 6.61 Å². The van der Waals surface area contributed by atoms with E-state index >= 15 is 0 Å².